The lowest BCUT2D eigenvalue weighted by molar-refractivity contribution is -0.326. The van der Waals surface area contributed by atoms with E-state index in [4.69, 9.17) is 4.74 Å². The highest BCUT2D eigenvalue weighted by Gasteiger charge is 2.07. The topological polar surface area (TPSA) is 9.23 Å². The third-order valence-corrected chi connectivity index (χ3v) is 5.84. The van der Waals surface area contributed by atoms with Crippen LogP contribution in [0, 0.1) is 3.57 Å². The third kappa shape index (κ3) is 8.11. The van der Waals surface area contributed by atoms with E-state index in [1.807, 2.05) is 0 Å². The number of unbranched alkanes of at least 4 members (excludes halogenated alkanes) is 9. The van der Waals surface area contributed by atoms with Crippen molar-refractivity contribution in [3.8, 4) is 16.9 Å². The van der Waals surface area contributed by atoms with Crippen LogP contribution in [0.25, 0.3) is 11.1 Å². The van der Waals surface area contributed by atoms with Crippen LogP contribution < -0.4 is 27.3 Å². The van der Waals surface area contributed by atoms with Crippen LogP contribution in [0.3, 0.4) is 0 Å². The third-order valence-electron chi connectivity index (χ3n) is 4.82. The quantitative estimate of drug-likeness (QED) is 0.320. The number of benzene rings is 2. The first-order valence-electron chi connectivity index (χ1n) is 10.3. The average Bonchev–Trinajstić information content (AvgIpc) is 2.67. The Morgan fingerprint density at radius 2 is 1.27 bits per heavy atom. The van der Waals surface area contributed by atoms with E-state index in [-0.39, 0.29) is 0 Å². The predicted molar refractivity (Wildman–Crippen MR) is 109 cm³/mol. The highest BCUT2D eigenvalue weighted by molar-refractivity contribution is 5.63. The largest absolute Gasteiger partial charge is 0.494 e. The van der Waals surface area contributed by atoms with Gasteiger partial charge in [-0.25, -0.2) is 0 Å². The summed E-state index contributed by atoms with van der Waals surface area (Å²) in [5, 5.41) is 0. The first kappa shape index (κ1) is 21.3. The summed E-state index contributed by atoms with van der Waals surface area (Å²) in [4.78, 5) is 0. The van der Waals surface area contributed by atoms with Gasteiger partial charge in [-0.15, -0.1) is 0 Å². The summed E-state index contributed by atoms with van der Waals surface area (Å²) < 4.78 is 7.22. The van der Waals surface area contributed by atoms with Crippen molar-refractivity contribution in [3.63, 3.8) is 0 Å². The minimum absolute atomic E-state index is 0.834. The van der Waals surface area contributed by atoms with Gasteiger partial charge in [-0.2, -0.15) is 0 Å². The summed E-state index contributed by atoms with van der Waals surface area (Å²) in [5.74, 6) is 0.985. The van der Waals surface area contributed by atoms with Crippen molar-refractivity contribution in [2.45, 2.75) is 71.1 Å². The van der Waals surface area contributed by atoms with Crippen molar-refractivity contribution < 1.29 is 27.3 Å². The summed E-state index contributed by atoms with van der Waals surface area (Å²) in [6, 6.07) is 17.0. The highest BCUT2D eigenvalue weighted by atomic mass is 127. The van der Waals surface area contributed by atoms with E-state index < -0.39 is 0 Å². The van der Waals surface area contributed by atoms with Gasteiger partial charge in [0.25, 0.3) is 22.6 Å². The lowest BCUT2D eigenvalue weighted by atomic mass is 10.1. The molecule has 1 nitrogen and oxygen atoms in total. The molecule has 26 heavy (non-hydrogen) atoms. The molecule has 0 unspecified atom stereocenters. The Morgan fingerprint density at radius 3 is 1.88 bits per heavy atom. The Bertz CT molecular complexity index is 606. The molecule has 0 saturated heterocycles. The Hall–Kier alpha value is -1.03. The fraction of sp³-hybridized carbons (Fsp3) is 0.500. The molecule has 0 aromatic heterocycles. The zero-order valence-corrected chi connectivity index (χ0v) is 18.5. The first-order valence-corrected chi connectivity index (χ1v) is 11.5. The van der Waals surface area contributed by atoms with E-state index in [0.717, 1.165) is 18.8 Å². The van der Waals surface area contributed by atoms with Crippen LogP contribution in [0.2, 0.25) is 0 Å². The maximum absolute atomic E-state index is 5.90. The van der Waals surface area contributed by atoms with Crippen molar-refractivity contribution in [2.75, 3.05) is 6.61 Å². The maximum Gasteiger partial charge on any atom is 0.297 e. The van der Waals surface area contributed by atoms with Gasteiger partial charge in [-0.05, 0) is 36.2 Å². The predicted octanol–water partition coefficient (Wildman–Crippen LogP) is 4.11. The molecule has 0 heterocycles. The van der Waals surface area contributed by atoms with Crippen molar-refractivity contribution in [1.82, 2.24) is 0 Å². The number of rotatable bonds is 13. The summed E-state index contributed by atoms with van der Waals surface area (Å²) in [6.07, 6.45) is 13.6. The Labute approximate surface area is 173 Å². The second kappa shape index (κ2) is 13.2. The molecule has 0 spiro atoms. The van der Waals surface area contributed by atoms with Crippen LogP contribution in [0.4, 0.5) is 0 Å². The molecule has 0 radical (unpaired) electrons. The molecule has 2 aromatic carbocycles. The van der Waals surface area contributed by atoms with Gasteiger partial charge < -0.3 is 4.74 Å². The van der Waals surface area contributed by atoms with E-state index in [9.17, 15) is 0 Å². The van der Waals surface area contributed by atoms with Gasteiger partial charge in [-0.1, -0.05) is 89.0 Å². The van der Waals surface area contributed by atoms with Crippen LogP contribution >= 0.6 is 0 Å². The second-order valence-corrected chi connectivity index (χ2v) is 8.31. The van der Waals surface area contributed by atoms with Crippen LogP contribution in [-0.4, -0.2) is 6.61 Å². The van der Waals surface area contributed by atoms with E-state index >= 15 is 0 Å². The van der Waals surface area contributed by atoms with E-state index in [1.165, 1.54) is 72.5 Å². The van der Waals surface area contributed by atoms with Gasteiger partial charge >= 0.3 is 0 Å². The molecule has 0 fully saturated rings. The average molecular weight is 465 g/mol. The molecule has 0 aliphatic heterocycles. The fourth-order valence-electron chi connectivity index (χ4n) is 3.22. The molecular weight excluding hydrogens is 431 g/mol. The molecule has 142 valence electrons. The van der Waals surface area contributed by atoms with Gasteiger partial charge in [0.2, 0.25) is 0 Å². The zero-order chi connectivity index (χ0) is 18.5. The van der Waals surface area contributed by atoms with Crippen molar-refractivity contribution in [1.29, 1.82) is 0 Å². The number of halogens is 1. The van der Waals surface area contributed by atoms with Gasteiger partial charge in [0.1, 0.15) is 5.75 Å². The standard InChI is InChI=1S/C24H34IO/c1-2-3-4-5-6-7-8-9-10-13-20-26-22-18-16-21(17-19-22)23-14-11-12-15-24(23)25/h11-12,14-19,25H,2-10,13,20H2,1H3/q+1. The summed E-state index contributed by atoms with van der Waals surface area (Å²) >= 11 is 2.08. The Kier molecular flexibility index (Phi) is 10.8. The second-order valence-electron chi connectivity index (χ2n) is 7.05. The van der Waals surface area contributed by atoms with Gasteiger partial charge in [0, 0.05) is 5.56 Å². The smallest absolute Gasteiger partial charge is 0.297 e. The molecule has 0 aliphatic carbocycles. The van der Waals surface area contributed by atoms with E-state index in [2.05, 4.69) is 78.0 Å². The zero-order valence-electron chi connectivity index (χ0n) is 16.2. The summed E-state index contributed by atoms with van der Waals surface area (Å²) in [7, 11) is 0. The molecule has 0 amide bonds. The van der Waals surface area contributed by atoms with Crippen LogP contribution in [0.15, 0.2) is 48.5 Å². The van der Waals surface area contributed by atoms with Crippen molar-refractivity contribution in [2.24, 2.45) is 0 Å². The normalized spacial score (nSPS) is 10.8. The molecule has 0 bridgehead atoms. The van der Waals surface area contributed by atoms with Crippen molar-refractivity contribution >= 4 is 0 Å². The van der Waals surface area contributed by atoms with Gasteiger partial charge in [0.15, 0.2) is 3.57 Å². The monoisotopic (exact) mass is 465 g/mol. The van der Waals surface area contributed by atoms with Crippen LogP contribution in [0.1, 0.15) is 71.1 Å². The van der Waals surface area contributed by atoms with E-state index in [0.29, 0.717) is 0 Å². The molecule has 2 aromatic rings. The van der Waals surface area contributed by atoms with Crippen LogP contribution in [0.5, 0.6) is 5.75 Å². The Morgan fingerprint density at radius 1 is 0.692 bits per heavy atom. The molecule has 0 saturated carbocycles. The lowest BCUT2D eigenvalue weighted by Crippen LogP contribution is -3.34. The fourth-order valence-corrected chi connectivity index (χ4v) is 3.97. The van der Waals surface area contributed by atoms with Gasteiger partial charge in [-0.3, -0.25) is 0 Å². The lowest BCUT2D eigenvalue weighted by Gasteiger charge is -2.07. The van der Waals surface area contributed by atoms with Gasteiger partial charge in [0.05, 0.1) is 6.61 Å². The SMILES string of the molecule is CCCCCCCCCCCCOc1ccc(-c2ccccc2[IH+])cc1. The number of ether oxygens (including phenoxy) is 1. The first-order chi connectivity index (χ1) is 12.8. The molecule has 2 rings (SSSR count). The molecular formula is C24H34IO+. The minimum atomic E-state index is 0.834. The van der Waals surface area contributed by atoms with Crippen molar-refractivity contribution in [3.05, 3.63) is 52.1 Å². The number of hydrogen-bond donors (Lipinski definition) is 0. The van der Waals surface area contributed by atoms with Crippen LogP contribution in [-0.2, 0) is 0 Å². The number of hydrogen-bond acceptors (Lipinski definition) is 1. The molecule has 0 N–H and O–H groups in total. The Balaban J connectivity index is 1.56. The molecule has 0 aliphatic rings. The summed E-state index contributed by atoms with van der Waals surface area (Å²) in [5.41, 5.74) is 2.57. The molecule has 2 heteroatoms. The maximum atomic E-state index is 5.90. The van der Waals surface area contributed by atoms with E-state index in [1.54, 1.807) is 0 Å². The summed E-state index contributed by atoms with van der Waals surface area (Å²) in [6.45, 7) is 3.11. The highest BCUT2D eigenvalue weighted by Crippen LogP contribution is 2.22. The molecule has 0 atom stereocenters. The minimum Gasteiger partial charge on any atom is -0.494 e.